The van der Waals surface area contributed by atoms with Crippen LogP contribution in [0.25, 0.3) is 6.08 Å². The zero-order chi connectivity index (χ0) is 24.9. The summed E-state index contributed by atoms with van der Waals surface area (Å²) in [6, 6.07) is 13.1. The van der Waals surface area contributed by atoms with Crippen LogP contribution in [0.1, 0.15) is 75.3 Å². The molecule has 0 radical (unpaired) electrons. The first-order valence-corrected chi connectivity index (χ1v) is 14.9. The Balaban J connectivity index is 1.34. The Hall–Kier alpha value is -1.87. The lowest BCUT2D eigenvalue weighted by Crippen LogP contribution is -2.41. The quantitative estimate of drug-likeness (QED) is 0.244. The van der Waals surface area contributed by atoms with Gasteiger partial charge in [0.1, 0.15) is 18.2 Å². The van der Waals surface area contributed by atoms with Crippen molar-refractivity contribution in [3.05, 3.63) is 67.9 Å². The summed E-state index contributed by atoms with van der Waals surface area (Å²) in [5, 5.41) is 0.907. The Bertz CT molecular complexity index is 1160. The summed E-state index contributed by atoms with van der Waals surface area (Å²) in [6.45, 7) is 0.175. The molecule has 2 saturated carbocycles. The van der Waals surface area contributed by atoms with Crippen molar-refractivity contribution in [3.63, 3.8) is 0 Å². The molecule has 1 saturated heterocycles. The lowest BCUT2D eigenvalue weighted by Gasteiger charge is -2.31. The molecule has 4 nitrogen and oxygen atoms in total. The molecule has 2 aromatic carbocycles. The Morgan fingerprint density at radius 3 is 2.47 bits per heavy atom. The van der Waals surface area contributed by atoms with Gasteiger partial charge in [-0.25, -0.2) is 4.39 Å². The Kier molecular flexibility index (Phi) is 8.67. The van der Waals surface area contributed by atoms with Crippen LogP contribution in [0.4, 0.5) is 4.39 Å². The summed E-state index contributed by atoms with van der Waals surface area (Å²) in [5.74, 6) is 0.532. The second-order valence-electron chi connectivity index (χ2n) is 9.85. The van der Waals surface area contributed by atoms with Gasteiger partial charge in [-0.3, -0.25) is 14.7 Å². The molecule has 2 aliphatic carbocycles. The minimum Gasteiger partial charge on any atom is -0.488 e. The van der Waals surface area contributed by atoms with Crippen molar-refractivity contribution in [2.24, 2.45) is 4.99 Å². The largest absolute Gasteiger partial charge is 0.488 e. The Labute approximate surface area is 230 Å². The van der Waals surface area contributed by atoms with Crippen LogP contribution < -0.4 is 4.74 Å². The molecule has 0 N–H and O–H groups in total. The van der Waals surface area contributed by atoms with Crippen LogP contribution in [0, 0.1) is 9.39 Å². The van der Waals surface area contributed by atoms with Crippen molar-refractivity contribution >= 4 is 51.5 Å². The molecular weight excluding hydrogens is 586 g/mol. The molecule has 5 rings (SSSR count). The van der Waals surface area contributed by atoms with Gasteiger partial charge in [-0.1, -0.05) is 62.8 Å². The number of nitrogens with zero attached hydrogens (tertiary/aromatic N) is 2. The van der Waals surface area contributed by atoms with Gasteiger partial charge in [-0.05, 0) is 89.9 Å². The van der Waals surface area contributed by atoms with Gasteiger partial charge < -0.3 is 4.74 Å². The number of thioether (sulfide) groups is 1. The standard InChI is InChI=1S/C29H32FIN2O2S/c30-24-14-8-7-9-21(24)19-35-26-16-15-20(17-25(26)31)18-27-28(34)33(23-12-5-2-6-13-23)29(36-27)32-22-10-3-1-4-11-22/h7-9,14-18,22-23H,1-6,10-13,19H2. The molecule has 3 fully saturated rings. The smallest absolute Gasteiger partial charge is 0.266 e. The molecule has 190 valence electrons. The number of halogens is 2. The lowest BCUT2D eigenvalue weighted by molar-refractivity contribution is -0.124. The second kappa shape index (κ2) is 12.1. The highest BCUT2D eigenvalue weighted by Crippen LogP contribution is 2.39. The van der Waals surface area contributed by atoms with Crippen LogP contribution in [0.3, 0.4) is 0 Å². The van der Waals surface area contributed by atoms with E-state index in [4.69, 9.17) is 9.73 Å². The highest BCUT2D eigenvalue weighted by atomic mass is 127. The molecule has 1 aliphatic heterocycles. The van der Waals surface area contributed by atoms with E-state index in [1.807, 2.05) is 29.2 Å². The summed E-state index contributed by atoms with van der Waals surface area (Å²) in [4.78, 5) is 21.5. The molecular formula is C29H32FIN2O2S. The number of benzene rings is 2. The molecule has 0 spiro atoms. The average Bonchev–Trinajstić information content (AvgIpc) is 3.19. The molecule has 36 heavy (non-hydrogen) atoms. The maximum Gasteiger partial charge on any atom is 0.266 e. The first-order chi connectivity index (χ1) is 17.6. The van der Waals surface area contributed by atoms with E-state index >= 15 is 0 Å². The maximum atomic E-state index is 13.9. The minimum atomic E-state index is -0.265. The van der Waals surface area contributed by atoms with Gasteiger partial charge in [0.05, 0.1) is 14.5 Å². The summed E-state index contributed by atoms with van der Waals surface area (Å²) >= 11 is 3.78. The van der Waals surface area contributed by atoms with Gasteiger partial charge >= 0.3 is 0 Å². The van der Waals surface area contributed by atoms with E-state index < -0.39 is 0 Å². The van der Waals surface area contributed by atoms with E-state index in [2.05, 4.69) is 22.6 Å². The molecule has 0 unspecified atom stereocenters. The van der Waals surface area contributed by atoms with Crippen LogP contribution in [0.2, 0.25) is 0 Å². The van der Waals surface area contributed by atoms with E-state index in [1.54, 1.807) is 30.0 Å². The fourth-order valence-corrected chi connectivity index (χ4v) is 7.05. The van der Waals surface area contributed by atoms with Crippen molar-refractivity contribution in [1.29, 1.82) is 0 Å². The van der Waals surface area contributed by atoms with E-state index in [9.17, 15) is 9.18 Å². The molecule has 3 aliphatic rings. The summed E-state index contributed by atoms with van der Waals surface area (Å²) in [7, 11) is 0. The molecule has 7 heteroatoms. The number of hydrogen-bond donors (Lipinski definition) is 0. The van der Waals surface area contributed by atoms with Crippen molar-refractivity contribution < 1.29 is 13.9 Å². The molecule has 0 atom stereocenters. The van der Waals surface area contributed by atoms with Crippen molar-refractivity contribution in [3.8, 4) is 5.75 Å². The Morgan fingerprint density at radius 2 is 1.75 bits per heavy atom. The normalized spacial score (nSPS) is 22.1. The van der Waals surface area contributed by atoms with Gasteiger partial charge in [0.2, 0.25) is 0 Å². The van der Waals surface area contributed by atoms with Crippen molar-refractivity contribution in [1.82, 2.24) is 4.90 Å². The predicted molar refractivity (Wildman–Crippen MR) is 153 cm³/mol. The van der Waals surface area contributed by atoms with Crippen LogP contribution in [-0.4, -0.2) is 28.1 Å². The topological polar surface area (TPSA) is 41.9 Å². The maximum absolute atomic E-state index is 13.9. The number of carbonyl (C=O) groups is 1. The van der Waals surface area contributed by atoms with Gasteiger partial charge in [0, 0.05) is 11.6 Å². The van der Waals surface area contributed by atoms with Gasteiger partial charge in [-0.2, -0.15) is 0 Å². The predicted octanol–water partition coefficient (Wildman–Crippen LogP) is 7.95. The monoisotopic (exact) mass is 618 g/mol. The van der Waals surface area contributed by atoms with Crippen LogP contribution >= 0.6 is 34.4 Å². The van der Waals surface area contributed by atoms with Gasteiger partial charge in [-0.15, -0.1) is 0 Å². The number of hydrogen-bond acceptors (Lipinski definition) is 4. The fraction of sp³-hybridized carbons (Fsp3) is 0.448. The summed E-state index contributed by atoms with van der Waals surface area (Å²) in [5.41, 5.74) is 1.48. The first-order valence-electron chi connectivity index (χ1n) is 13.0. The van der Waals surface area contributed by atoms with Crippen molar-refractivity contribution in [2.45, 2.75) is 82.9 Å². The van der Waals surface area contributed by atoms with Crippen molar-refractivity contribution in [2.75, 3.05) is 0 Å². The molecule has 1 heterocycles. The highest BCUT2D eigenvalue weighted by Gasteiger charge is 2.39. The average molecular weight is 619 g/mol. The highest BCUT2D eigenvalue weighted by molar-refractivity contribution is 14.1. The molecule has 1 amide bonds. The lowest BCUT2D eigenvalue weighted by atomic mass is 9.94. The number of carbonyl (C=O) groups excluding carboxylic acids is 1. The van der Waals surface area contributed by atoms with Gasteiger partial charge in [0.25, 0.3) is 5.91 Å². The number of amides is 1. The zero-order valence-electron chi connectivity index (χ0n) is 20.4. The number of rotatable bonds is 6. The molecule has 2 aromatic rings. The second-order valence-corrected chi connectivity index (χ2v) is 12.0. The van der Waals surface area contributed by atoms with E-state index in [0.717, 1.165) is 44.9 Å². The van der Waals surface area contributed by atoms with E-state index in [0.29, 0.717) is 17.4 Å². The SMILES string of the molecule is O=C1C(=Cc2ccc(OCc3ccccc3F)c(I)c2)SC(=NC2CCCCC2)N1C1CCCCC1. The zero-order valence-corrected chi connectivity index (χ0v) is 23.4. The van der Waals surface area contributed by atoms with E-state index in [1.165, 1.54) is 44.6 Å². The number of ether oxygens (including phenoxy) is 1. The fourth-order valence-electron chi connectivity index (χ4n) is 5.25. The number of amidine groups is 1. The summed E-state index contributed by atoms with van der Waals surface area (Å²) < 4.78 is 20.7. The van der Waals surface area contributed by atoms with Gasteiger partial charge in [0.15, 0.2) is 5.17 Å². The molecule has 0 aromatic heterocycles. The summed E-state index contributed by atoms with van der Waals surface area (Å²) in [6.07, 6.45) is 13.7. The third-order valence-corrected chi connectivity index (χ3v) is 9.08. The first kappa shape index (κ1) is 25.8. The Morgan fingerprint density at radius 1 is 1.03 bits per heavy atom. The number of aliphatic imine (C=N–C) groups is 1. The van der Waals surface area contributed by atoms with Crippen LogP contribution in [0.5, 0.6) is 5.75 Å². The molecule has 0 bridgehead atoms. The van der Waals surface area contributed by atoms with Crippen LogP contribution in [0.15, 0.2) is 52.4 Å². The van der Waals surface area contributed by atoms with Crippen LogP contribution in [-0.2, 0) is 11.4 Å². The van der Waals surface area contributed by atoms with E-state index in [-0.39, 0.29) is 24.4 Å². The minimum absolute atomic E-state index is 0.0938. The third kappa shape index (κ3) is 6.15. The third-order valence-electron chi connectivity index (χ3n) is 7.24.